The Balaban J connectivity index is 2.61. The summed E-state index contributed by atoms with van der Waals surface area (Å²) < 4.78 is 5.11. The number of nitrogens with two attached hydrogens (primary N) is 1. The van der Waals surface area contributed by atoms with Gasteiger partial charge in [-0.2, -0.15) is 0 Å². The third-order valence-electron chi connectivity index (χ3n) is 3.62. The SMILES string of the molecule is NC(CCCC(=O)O)C[C@@]1(O)[C@H](O)[C@@H](O)CO[C@@H]1CO. The van der Waals surface area contributed by atoms with Crippen LogP contribution in [0.1, 0.15) is 25.7 Å². The van der Waals surface area contributed by atoms with Gasteiger partial charge in [0.05, 0.1) is 13.2 Å². The maximum Gasteiger partial charge on any atom is 0.303 e. The molecule has 1 saturated heterocycles. The third-order valence-corrected chi connectivity index (χ3v) is 3.62. The van der Waals surface area contributed by atoms with Crippen LogP contribution in [0.25, 0.3) is 0 Å². The monoisotopic (exact) mass is 293 g/mol. The van der Waals surface area contributed by atoms with Crippen molar-refractivity contribution in [3.05, 3.63) is 0 Å². The number of rotatable bonds is 7. The van der Waals surface area contributed by atoms with Crippen LogP contribution in [0.4, 0.5) is 0 Å². The first-order chi connectivity index (χ1) is 9.31. The summed E-state index contributed by atoms with van der Waals surface area (Å²) in [4.78, 5) is 10.4. The second-order valence-electron chi connectivity index (χ2n) is 5.26. The summed E-state index contributed by atoms with van der Waals surface area (Å²) >= 11 is 0. The Labute approximate surface area is 116 Å². The van der Waals surface area contributed by atoms with Gasteiger partial charge in [-0.1, -0.05) is 0 Å². The number of hydrogen-bond acceptors (Lipinski definition) is 7. The number of aliphatic hydroxyl groups is 4. The molecular weight excluding hydrogens is 270 g/mol. The van der Waals surface area contributed by atoms with Gasteiger partial charge >= 0.3 is 5.97 Å². The first kappa shape index (κ1) is 17.3. The molecule has 0 aliphatic carbocycles. The normalized spacial score (nSPS) is 35.8. The molecule has 118 valence electrons. The van der Waals surface area contributed by atoms with Gasteiger partial charge in [0.25, 0.3) is 0 Å². The standard InChI is InChI=1S/C12H23NO7/c13-7(2-1-3-10(16)17)4-12(19)9(5-14)20-6-8(15)11(12)18/h7-9,11,14-15,18-19H,1-6,13H2,(H,16,17)/t7?,8-,9+,11+,12-/m0/s1. The topological polar surface area (TPSA) is 153 Å². The lowest BCUT2D eigenvalue weighted by atomic mass is 9.79. The van der Waals surface area contributed by atoms with Crippen LogP contribution in [0.15, 0.2) is 0 Å². The van der Waals surface area contributed by atoms with Gasteiger partial charge in [0, 0.05) is 12.5 Å². The van der Waals surface area contributed by atoms with Crippen molar-refractivity contribution in [3.63, 3.8) is 0 Å². The van der Waals surface area contributed by atoms with E-state index in [1.165, 1.54) is 0 Å². The minimum absolute atomic E-state index is 0.0305. The average molecular weight is 293 g/mol. The molecule has 0 radical (unpaired) electrons. The van der Waals surface area contributed by atoms with E-state index in [1.54, 1.807) is 0 Å². The molecule has 1 aliphatic rings. The summed E-state index contributed by atoms with van der Waals surface area (Å²) in [7, 11) is 0. The first-order valence-corrected chi connectivity index (χ1v) is 6.59. The first-order valence-electron chi connectivity index (χ1n) is 6.59. The Bertz CT molecular complexity index is 323. The molecule has 20 heavy (non-hydrogen) atoms. The molecule has 1 unspecified atom stereocenters. The minimum Gasteiger partial charge on any atom is -0.481 e. The van der Waals surface area contributed by atoms with Crippen molar-refractivity contribution in [2.45, 2.75) is 55.6 Å². The van der Waals surface area contributed by atoms with Crippen LogP contribution in [0, 0.1) is 0 Å². The molecule has 5 atom stereocenters. The molecular formula is C12H23NO7. The van der Waals surface area contributed by atoms with E-state index in [9.17, 15) is 25.2 Å². The van der Waals surface area contributed by atoms with E-state index >= 15 is 0 Å². The molecule has 0 aromatic carbocycles. The molecule has 0 aromatic heterocycles. The molecule has 1 rings (SSSR count). The van der Waals surface area contributed by atoms with Gasteiger partial charge in [0.1, 0.15) is 23.9 Å². The van der Waals surface area contributed by atoms with Crippen molar-refractivity contribution in [2.75, 3.05) is 13.2 Å². The lowest BCUT2D eigenvalue weighted by molar-refractivity contribution is -0.252. The highest BCUT2D eigenvalue weighted by atomic mass is 16.5. The molecule has 0 spiro atoms. The largest absolute Gasteiger partial charge is 0.481 e. The zero-order valence-corrected chi connectivity index (χ0v) is 11.2. The summed E-state index contributed by atoms with van der Waals surface area (Å²) in [6.45, 7) is -0.689. The van der Waals surface area contributed by atoms with E-state index in [1.807, 2.05) is 0 Å². The lowest BCUT2D eigenvalue weighted by Crippen LogP contribution is -2.65. The molecule has 7 N–H and O–H groups in total. The number of ether oxygens (including phenoxy) is 1. The lowest BCUT2D eigenvalue weighted by Gasteiger charge is -2.45. The van der Waals surface area contributed by atoms with Gasteiger partial charge < -0.3 is 36.0 Å². The van der Waals surface area contributed by atoms with Crippen molar-refractivity contribution in [1.29, 1.82) is 0 Å². The number of aliphatic carboxylic acids is 1. The second-order valence-corrected chi connectivity index (χ2v) is 5.26. The smallest absolute Gasteiger partial charge is 0.303 e. The minimum atomic E-state index is -1.85. The van der Waals surface area contributed by atoms with Crippen molar-refractivity contribution >= 4 is 5.97 Å². The highest BCUT2D eigenvalue weighted by Gasteiger charge is 2.51. The summed E-state index contributed by atoms with van der Waals surface area (Å²) in [5.74, 6) is -0.930. The van der Waals surface area contributed by atoms with Gasteiger partial charge in [0.15, 0.2) is 0 Å². The highest BCUT2D eigenvalue weighted by molar-refractivity contribution is 5.66. The van der Waals surface area contributed by atoms with E-state index < -0.39 is 42.5 Å². The summed E-state index contributed by atoms with van der Waals surface area (Å²) in [5.41, 5.74) is 3.97. The van der Waals surface area contributed by atoms with Gasteiger partial charge in [-0.15, -0.1) is 0 Å². The second kappa shape index (κ2) is 7.30. The van der Waals surface area contributed by atoms with E-state index in [0.717, 1.165) is 0 Å². The maximum atomic E-state index is 10.5. The number of carbonyl (C=O) groups is 1. The summed E-state index contributed by atoms with van der Waals surface area (Å²) in [6.07, 6.45) is -3.21. The summed E-state index contributed by atoms with van der Waals surface area (Å²) in [5, 5.41) is 47.7. The Hall–Kier alpha value is -0.770. The Kier molecular flexibility index (Phi) is 6.31. The van der Waals surface area contributed by atoms with Gasteiger partial charge in [-0.25, -0.2) is 0 Å². The zero-order chi connectivity index (χ0) is 15.3. The van der Waals surface area contributed by atoms with Crippen LogP contribution < -0.4 is 5.73 Å². The van der Waals surface area contributed by atoms with Crippen molar-refractivity contribution in [2.24, 2.45) is 5.73 Å². The Morgan fingerprint density at radius 2 is 2.10 bits per heavy atom. The van der Waals surface area contributed by atoms with Gasteiger partial charge in [-0.3, -0.25) is 4.79 Å². The molecule has 8 nitrogen and oxygen atoms in total. The van der Waals surface area contributed by atoms with Crippen LogP contribution >= 0.6 is 0 Å². The molecule has 1 fully saturated rings. The van der Waals surface area contributed by atoms with Crippen LogP contribution in [0.2, 0.25) is 0 Å². The van der Waals surface area contributed by atoms with Crippen LogP contribution in [0.5, 0.6) is 0 Å². The fraction of sp³-hybridized carbons (Fsp3) is 0.917. The van der Waals surface area contributed by atoms with Crippen molar-refractivity contribution in [1.82, 2.24) is 0 Å². The molecule has 0 saturated carbocycles. The van der Waals surface area contributed by atoms with Crippen LogP contribution in [-0.2, 0) is 9.53 Å². The van der Waals surface area contributed by atoms with Gasteiger partial charge in [-0.05, 0) is 19.3 Å². The Morgan fingerprint density at radius 1 is 1.45 bits per heavy atom. The number of hydrogen-bond donors (Lipinski definition) is 6. The molecule has 0 amide bonds. The van der Waals surface area contributed by atoms with Crippen molar-refractivity contribution in [3.8, 4) is 0 Å². The molecule has 8 heteroatoms. The van der Waals surface area contributed by atoms with Crippen molar-refractivity contribution < 1.29 is 35.1 Å². The van der Waals surface area contributed by atoms with E-state index in [-0.39, 0.29) is 19.4 Å². The van der Waals surface area contributed by atoms with E-state index in [0.29, 0.717) is 12.8 Å². The van der Waals surface area contributed by atoms with Crippen LogP contribution in [-0.4, -0.2) is 74.7 Å². The highest BCUT2D eigenvalue weighted by Crippen LogP contribution is 2.31. The predicted octanol–water partition coefficient (Wildman–Crippen LogP) is -2.20. The molecule has 1 aliphatic heterocycles. The number of carboxylic acid groups (broad SMARTS) is 1. The van der Waals surface area contributed by atoms with E-state index in [4.69, 9.17) is 15.6 Å². The van der Waals surface area contributed by atoms with Crippen LogP contribution in [0.3, 0.4) is 0 Å². The van der Waals surface area contributed by atoms with E-state index in [2.05, 4.69) is 0 Å². The number of aliphatic hydroxyl groups excluding tert-OH is 3. The predicted molar refractivity (Wildman–Crippen MR) is 67.9 cm³/mol. The Morgan fingerprint density at radius 3 is 2.65 bits per heavy atom. The fourth-order valence-electron chi connectivity index (χ4n) is 2.47. The average Bonchev–Trinajstić information content (AvgIpc) is 2.36. The third kappa shape index (κ3) is 4.11. The summed E-state index contributed by atoms with van der Waals surface area (Å²) in [6, 6.07) is -0.572. The fourth-order valence-corrected chi connectivity index (χ4v) is 2.47. The molecule has 0 aromatic rings. The molecule has 1 heterocycles. The number of carboxylic acids is 1. The van der Waals surface area contributed by atoms with Gasteiger partial charge in [0.2, 0.25) is 0 Å². The maximum absolute atomic E-state index is 10.5. The molecule has 0 bridgehead atoms. The quantitative estimate of drug-likeness (QED) is 0.309. The zero-order valence-electron chi connectivity index (χ0n) is 11.2.